The molecule has 1 heterocycles. The summed E-state index contributed by atoms with van der Waals surface area (Å²) in [5.74, 6) is 0.459. The van der Waals surface area contributed by atoms with Crippen molar-refractivity contribution in [1.82, 2.24) is 0 Å². The first kappa shape index (κ1) is 29.1. The highest BCUT2D eigenvalue weighted by Crippen LogP contribution is 2.34. The molecule has 6 nitrogen and oxygen atoms in total. The molecule has 1 aliphatic rings. The van der Waals surface area contributed by atoms with Gasteiger partial charge >= 0.3 is 5.97 Å². The summed E-state index contributed by atoms with van der Waals surface area (Å²) in [5.41, 5.74) is 0.165. The van der Waals surface area contributed by atoms with Crippen molar-refractivity contribution >= 4 is 17.7 Å². The van der Waals surface area contributed by atoms with Gasteiger partial charge in [-0.1, -0.05) is 65.2 Å². The Morgan fingerprint density at radius 1 is 0.853 bits per heavy atom. The average Bonchev–Trinajstić information content (AvgIpc) is 2.85. The number of hydrogen-bond donors (Lipinski definition) is 0. The summed E-state index contributed by atoms with van der Waals surface area (Å²) in [5, 5.41) is 0. The molecule has 0 N–H and O–H groups in total. The van der Waals surface area contributed by atoms with E-state index in [-0.39, 0.29) is 23.6 Å². The number of unbranched alkanes of at least 4 members (excludes halogenated alkanes) is 3. The van der Waals surface area contributed by atoms with Gasteiger partial charge in [-0.2, -0.15) is 0 Å². The van der Waals surface area contributed by atoms with Crippen LogP contribution in [0.25, 0.3) is 0 Å². The van der Waals surface area contributed by atoms with Crippen molar-refractivity contribution in [2.45, 2.75) is 96.1 Å². The third kappa shape index (κ3) is 9.50. The van der Waals surface area contributed by atoms with Crippen LogP contribution >= 0.6 is 11.8 Å². The minimum absolute atomic E-state index is 0.281. The maximum Gasteiger partial charge on any atom is 0.338 e. The number of esters is 1. The molecular weight excluding hydrogens is 452 g/mol. The van der Waals surface area contributed by atoms with Gasteiger partial charge < -0.3 is 23.7 Å². The third-order valence-electron chi connectivity index (χ3n) is 5.72. The van der Waals surface area contributed by atoms with Crippen molar-refractivity contribution in [3.8, 4) is 0 Å². The summed E-state index contributed by atoms with van der Waals surface area (Å²) in [6.07, 6.45) is 4.38. The van der Waals surface area contributed by atoms with E-state index in [0.29, 0.717) is 32.0 Å². The smallest absolute Gasteiger partial charge is 0.338 e. The van der Waals surface area contributed by atoms with Gasteiger partial charge in [0, 0.05) is 19.8 Å². The molecule has 1 aliphatic heterocycles. The summed E-state index contributed by atoms with van der Waals surface area (Å²) in [4.78, 5) is 13.0. The van der Waals surface area contributed by atoms with E-state index in [9.17, 15) is 4.79 Å². The monoisotopic (exact) mass is 496 g/mol. The van der Waals surface area contributed by atoms with Crippen molar-refractivity contribution in [1.29, 1.82) is 0 Å². The zero-order chi connectivity index (χ0) is 24.6. The average molecular weight is 497 g/mol. The molecule has 0 aliphatic carbocycles. The SMILES string of the molecule is CCCCOCC1O[C@H](SCC)C(OC(=O)c2ccccc2)C(OCCCC)[C@@H]1OCCCC. The third-order valence-corrected chi connectivity index (χ3v) is 6.76. The van der Waals surface area contributed by atoms with Crippen LogP contribution in [0.2, 0.25) is 0 Å². The highest BCUT2D eigenvalue weighted by atomic mass is 32.2. The predicted octanol–water partition coefficient (Wildman–Crippen LogP) is 5.88. The Morgan fingerprint density at radius 2 is 1.47 bits per heavy atom. The highest BCUT2D eigenvalue weighted by molar-refractivity contribution is 7.99. The van der Waals surface area contributed by atoms with Crippen molar-refractivity contribution < 1.29 is 28.5 Å². The second-order valence-corrected chi connectivity index (χ2v) is 9.92. The van der Waals surface area contributed by atoms with Gasteiger partial charge in [-0.3, -0.25) is 0 Å². The quantitative estimate of drug-likeness (QED) is 0.197. The molecule has 3 unspecified atom stereocenters. The van der Waals surface area contributed by atoms with Crippen molar-refractivity contribution in [3.63, 3.8) is 0 Å². The molecule has 194 valence electrons. The van der Waals surface area contributed by atoms with E-state index in [1.165, 1.54) is 0 Å². The lowest BCUT2D eigenvalue weighted by molar-refractivity contribution is -0.237. The predicted molar refractivity (Wildman–Crippen MR) is 137 cm³/mol. The van der Waals surface area contributed by atoms with Crippen LogP contribution < -0.4 is 0 Å². The maximum absolute atomic E-state index is 13.0. The van der Waals surface area contributed by atoms with Crippen LogP contribution in [0.5, 0.6) is 0 Å². The number of carbonyl (C=O) groups is 1. The molecule has 0 saturated carbocycles. The van der Waals surface area contributed by atoms with Gasteiger partial charge in [-0.15, -0.1) is 11.8 Å². The van der Waals surface area contributed by atoms with E-state index in [2.05, 4.69) is 27.7 Å². The topological polar surface area (TPSA) is 63.2 Å². The first-order valence-electron chi connectivity index (χ1n) is 13.0. The molecule has 2 rings (SSSR count). The van der Waals surface area contributed by atoms with E-state index >= 15 is 0 Å². The lowest BCUT2D eigenvalue weighted by Crippen LogP contribution is -2.61. The maximum atomic E-state index is 13.0. The highest BCUT2D eigenvalue weighted by Gasteiger charge is 2.49. The van der Waals surface area contributed by atoms with E-state index in [1.807, 2.05) is 18.2 Å². The van der Waals surface area contributed by atoms with E-state index in [4.69, 9.17) is 23.7 Å². The summed E-state index contributed by atoms with van der Waals surface area (Å²) >= 11 is 1.63. The molecule has 1 fully saturated rings. The molecule has 1 aromatic carbocycles. The lowest BCUT2D eigenvalue weighted by Gasteiger charge is -2.45. The van der Waals surface area contributed by atoms with Crippen LogP contribution in [0.15, 0.2) is 30.3 Å². The summed E-state index contributed by atoms with van der Waals surface area (Å²) in [6.45, 7) is 10.8. The van der Waals surface area contributed by atoms with Crippen LogP contribution in [0.3, 0.4) is 0 Å². The Bertz CT molecular complexity index is 658. The normalized spacial score (nSPS) is 24.8. The van der Waals surface area contributed by atoms with Crippen LogP contribution in [0, 0.1) is 0 Å². The van der Waals surface area contributed by atoms with Crippen LogP contribution in [-0.2, 0) is 23.7 Å². The number of thioether (sulfide) groups is 1. The fourth-order valence-corrected chi connectivity index (χ4v) is 4.72. The molecule has 0 spiro atoms. The van der Waals surface area contributed by atoms with Gasteiger partial charge in [-0.05, 0) is 37.1 Å². The zero-order valence-electron chi connectivity index (χ0n) is 21.4. The van der Waals surface area contributed by atoms with Crippen molar-refractivity contribution in [2.75, 3.05) is 32.2 Å². The Kier molecular flexibility index (Phi) is 14.8. The Morgan fingerprint density at radius 3 is 2.09 bits per heavy atom. The lowest BCUT2D eigenvalue weighted by atomic mass is 9.99. The minimum atomic E-state index is -0.576. The molecule has 0 bridgehead atoms. The molecule has 7 heteroatoms. The first-order valence-corrected chi connectivity index (χ1v) is 14.0. The fraction of sp³-hybridized carbons (Fsp3) is 0.741. The molecule has 1 saturated heterocycles. The molecule has 0 radical (unpaired) electrons. The van der Waals surface area contributed by atoms with Crippen LogP contribution in [-0.4, -0.2) is 68.0 Å². The van der Waals surface area contributed by atoms with Gasteiger partial charge in [0.15, 0.2) is 6.10 Å². The number of hydrogen-bond acceptors (Lipinski definition) is 7. The molecule has 34 heavy (non-hydrogen) atoms. The van der Waals surface area contributed by atoms with Gasteiger partial charge in [0.25, 0.3) is 0 Å². The molecule has 5 atom stereocenters. The zero-order valence-corrected chi connectivity index (χ0v) is 22.2. The standard InChI is InChI=1S/C27H44O6S/c1-5-9-17-29-20-22-23(30-18-10-6-2)24(31-19-11-7-3)25(27(32-22)34-8-4)33-26(28)21-15-13-12-14-16-21/h12-16,22-25,27H,5-11,17-20H2,1-4H3/t22?,23-,24?,25?,27-/m1/s1. The number of rotatable bonds is 17. The summed E-state index contributed by atoms with van der Waals surface area (Å²) in [7, 11) is 0. The van der Waals surface area contributed by atoms with Gasteiger partial charge in [-0.25, -0.2) is 4.79 Å². The molecule has 0 amide bonds. The van der Waals surface area contributed by atoms with Gasteiger partial charge in [0.1, 0.15) is 23.7 Å². The Balaban J connectivity index is 2.28. The molecule has 0 aromatic heterocycles. The van der Waals surface area contributed by atoms with Gasteiger partial charge in [0.05, 0.1) is 12.2 Å². The fourth-order valence-electron chi connectivity index (χ4n) is 3.77. The Hall–Kier alpha value is -1.12. The van der Waals surface area contributed by atoms with Crippen molar-refractivity contribution in [2.24, 2.45) is 0 Å². The second kappa shape index (κ2) is 17.3. The van der Waals surface area contributed by atoms with Crippen LogP contribution in [0.4, 0.5) is 0 Å². The van der Waals surface area contributed by atoms with Gasteiger partial charge in [0.2, 0.25) is 0 Å². The van der Waals surface area contributed by atoms with E-state index < -0.39 is 12.2 Å². The summed E-state index contributed by atoms with van der Waals surface area (Å²) in [6, 6.07) is 9.08. The minimum Gasteiger partial charge on any atom is -0.452 e. The number of ether oxygens (including phenoxy) is 5. The van der Waals surface area contributed by atoms with E-state index in [0.717, 1.165) is 44.3 Å². The second-order valence-electron chi connectivity index (χ2n) is 8.54. The van der Waals surface area contributed by atoms with E-state index in [1.54, 1.807) is 23.9 Å². The summed E-state index contributed by atoms with van der Waals surface area (Å²) < 4.78 is 31.3. The number of carbonyl (C=O) groups excluding carboxylic acids is 1. The van der Waals surface area contributed by atoms with Crippen molar-refractivity contribution in [3.05, 3.63) is 35.9 Å². The Labute approximate surface area is 210 Å². The largest absolute Gasteiger partial charge is 0.452 e. The first-order chi connectivity index (χ1) is 16.7. The molecule has 1 aromatic rings. The number of benzene rings is 1. The molecular formula is C27H44O6S. The van der Waals surface area contributed by atoms with Crippen LogP contribution in [0.1, 0.15) is 76.6 Å².